The highest BCUT2D eigenvalue weighted by molar-refractivity contribution is 5.74. The molecule has 104 valence electrons. The van der Waals surface area contributed by atoms with Crippen LogP contribution < -0.4 is 4.74 Å². The van der Waals surface area contributed by atoms with Gasteiger partial charge in [-0.1, -0.05) is 0 Å². The summed E-state index contributed by atoms with van der Waals surface area (Å²) in [5.74, 6) is -0.682. The standard InChI is InChI=1S/C11H14N2O6/c1-3-19-11(15)9(14)6-7-8(13(16)17)4-5-10(12-7)18-2/h4-5,9,14H,3,6H2,1-2H3. The van der Waals surface area contributed by atoms with E-state index < -0.39 is 17.0 Å². The second-order valence-electron chi connectivity index (χ2n) is 3.55. The van der Waals surface area contributed by atoms with E-state index in [-0.39, 0.29) is 30.3 Å². The van der Waals surface area contributed by atoms with Gasteiger partial charge in [0, 0.05) is 18.6 Å². The smallest absolute Gasteiger partial charge is 0.335 e. The average Bonchev–Trinajstić information content (AvgIpc) is 2.38. The molecule has 0 saturated carbocycles. The lowest BCUT2D eigenvalue weighted by Crippen LogP contribution is -2.26. The maximum Gasteiger partial charge on any atom is 0.335 e. The van der Waals surface area contributed by atoms with Gasteiger partial charge in [-0.15, -0.1) is 0 Å². The monoisotopic (exact) mass is 270 g/mol. The fourth-order valence-electron chi connectivity index (χ4n) is 1.41. The summed E-state index contributed by atoms with van der Waals surface area (Å²) in [5.41, 5.74) is -0.325. The van der Waals surface area contributed by atoms with Crippen molar-refractivity contribution in [3.63, 3.8) is 0 Å². The third-order valence-corrected chi connectivity index (χ3v) is 2.28. The van der Waals surface area contributed by atoms with Crippen LogP contribution in [0.5, 0.6) is 5.88 Å². The Balaban J connectivity index is 2.97. The number of aliphatic hydroxyl groups excluding tert-OH is 1. The number of nitro groups is 1. The van der Waals surface area contributed by atoms with Gasteiger partial charge in [-0.3, -0.25) is 10.1 Å². The van der Waals surface area contributed by atoms with E-state index in [4.69, 9.17) is 4.74 Å². The minimum Gasteiger partial charge on any atom is -0.481 e. The number of ether oxygens (including phenoxy) is 2. The number of aliphatic hydroxyl groups is 1. The van der Waals surface area contributed by atoms with Crippen molar-refractivity contribution in [2.45, 2.75) is 19.4 Å². The van der Waals surface area contributed by atoms with E-state index in [0.29, 0.717) is 0 Å². The van der Waals surface area contributed by atoms with Gasteiger partial charge < -0.3 is 14.6 Å². The van der Waals surface area contributed by atoms with Gasteiger partial charge in [0.2, 0.25) is 5.88 Å². The number of rotatable bonds is 6. The Morgan fingerprint density at radius 1 is 1.58 bits per heavy atom. The summed E-state index contributed by atoms with van der Waals surface area (Å²) in [6.07, 6.45) is -1.81. The summed E-state index contributed by atoms with van der Waals surface area (Å²) >= 11 is 0. The second-order valence-corrected chi connectivity index (χ2v) is 3.55. The highest BCUT2D eigenvalue weighted by Gasteiger charge is 2.24. The van der Waals surface area contributed by atoms with Crippen molar-refractivity contribution in [1.29, 1.82) is 0 Å². The maximum atomic E-state index is 11.3. The number of pyridine rings is 1. The Morgan fingerprint density at radius 2 is 2.26 bits per heavy atom. The first kappa shape index (κ1) is 14.8. The first-order valence-corrected chi connectivity index (χ1v) is 5.52. The molecule has 1 unspecified atom stereocenters. The van der Waals surface area contributed by atoms with Crippen molar-refractivity contribution < 1.29 is 24.3 Å². The number of carbonyl (C=O) groups is 1. The van der Waals surface area contributed by atoms with Crippen LogP contribution in [0.3, 0.4) is 0 Å². The summed E-state index contributed by atoms with van der Waals surface area (Å²) in [5, 5.41) is 20.4. The van der Waals surface area contributed by atoms with Crippen LogP contribution in [-0.4, -0.2) is 40.8 Å². The van der Waals surface area contributed by atoms with Crippen LogP contribution in [-0.2, 0) is 16.0 Å². The molecule has 8 nitrogen and oxygen atoms in total. The topological polar surface area (TPSA) is 112 Å². The fourth-order valence-corrected chi connectivity index (χ4v) is 1.41. The average molecular weight is 270 g/mol. The van der Waals surface area contributed by atoms with Crippen LogP contribution in [0.4, 0.5) is 5.69 Å². The summed E-state index contributed by atoms with van der Waals surface area (Å²) < 4.78 is 9.46. The Labute approximate surface area is 109 Å². The van der Waals surface area contributed by atoms with Gasteiger partial charge >= 0.3 is 5.97 Å². The molecule has 0 aliphatic heterocycles. The molecule has 1 aromatic heterocycles. The molecule has 0 radical (unpaired) electrons. The predicted octanol–water partition coefficient (Wildman–Crippen LogP) is 0.465. The largest absolute Gasteiger partial charge is 0.481 e. The first-order chi connectivity index (χ1) is 8.99. The summed E-state index contributed by atoms with van der Waals surface area (Å²) in [6, 6.07) is 2.54. The Bertz CT molecular complexity index is 476. The van der Waals surface area contributed by atoms with Gasteiger partial charge in [0.15, 0.2) is 6.10 Å². The van der Waals surface area contributed by atoms with Crippen molar-refractivity contribution in [1.82, 2.24) is 4.98 Å². The SMILES string of the molecule is CCOC(=O)C(O)Cc1nc(OC)ccc1[N+](=O)[O-]. The maximum absolute atomic E-state index is 11.3. The van der Waals surface area contributed by atoms with E-state index in [0.717, 1.165) is 0 Å². The van der Waals surface area contributed by atoms with E-state index in [1.54, 1.807) is 6.92 Å². The van der Waals surface area contributed by atoms with Crippen molar-refractivity contribution in [3.8, 4) is 5.88 Å². The van der Waals surface area contributed by atoms with Crippen molar-refractivity contribution >= 4 is 11.7 Å². The molecular formula is C11H14N2O6. The molecule has 0 spiro atoms. The van der Waals surface area contributed by atoms with Crippen LogP contribution in [0.2, 0.25) is 0 Å². The molecule has 1 heterocycles. The molecule has 0 amide bonds. The molecule has 1 aromatic rings. The third-order valence-electron chi connectivity index (χ3n) is 2.28. The lowest BCUT2D eigenvalue weighted by molar-refractivity contribution is -0.386. The van der Waals surface area contributed by atoms with E-state index >= 15 is 0 Å². The lowest BCUT2D eigenvalue weighted by Gasteiger charge is -2.10. The molecule has 0 aliphatic carbocycles. The number of carbonyl (C=O) groups excluding carboxylic acids is 1. The summed E-state index contributed by atoms with van der Waals surface area (Å²) in [4.78, 5) is 25.3. The van der Waals surface area contributed by atoms with Gasteiger partial charge in [-0.05, 0) is 6.92 Å². The lowest BCUT2D eigenvalue weighted by atomic mass is 10.1. The van der Waals surface area contributed by atoms with Gasteiger partial charge in [-0.2, -0.15) is 0 Å². The molecule has 19 heavy (non-hydrogen) atoms. The van der Waals surface area contributed by atoms with Crippen molar-refractivity contribution in [2.24, 2.45) is 0 Å². The molecular weight excluding hydrogens is 256 g/mol. The molecule has 0 aliphatic rings. The highest BCUT2D eigenvalue weighted by Crippen LogP contribution is 2.21. The normalized spacial score (nSPS) is 11.7. The van der Waals surface area contributed by atoms with E-state index in [9.17, 15) is 20.0 Å². The number of hydrogen-bond acceptors (Lipinski definition) is 7. The van der Waals surface area contributed by atoms with Gasteiger partial charge in [0.05, 0.1) is 18.6 Å². The minimum absolute atomic E-state index is 0.0371. The van der Waals surface area contributed by atoms with E-state index in [1.807, 2.05) is 0 Å². The zero-order valence-electron chi connectivity index (χ0n) is 10.5. The minimum atomic E-state index is -1.50. The first-order valence-electron chi connectivity index (χ1n) is 5.52. The van der Waals surface area contributed by atoms with E-state index in [2.05, 4.69) is 9.72 Å². The second kappa shape index (κ2) is 6.64. The highest BCUT2D eigenvalue weighted by atomic mass is 16.6. The van der Waals surface area contributed by atoms with Crippen molar-refractivity contribution in [2.75, 3.05) is 13.7 Å². The van der Waals surface area contributed by atoms with Crippen LogP contribution in [0.25, 0.3) is 0 Å². The number of nitrogens with zero attached hydrogens (tertiary/aromatic N) is 2. The third kappa shape index (κ3) is 3.88. The number of methoxy groups -OCH3 is 1. The molecule has 1 rings (SSSR count). The molecule has 1 N–H and O–H groups in total. The molecule has 8 heteroatoms. The summed E-state index contributed by atoms with van der Waals surface area (Å²) in [7, 11) is 1.36. The molecule has 0 bridgehead atoms. The zero-order valence-corrected chi connectivity index (χ0v) is 10.5. The quantitative estimate of drug-likeness (QED) is 0.454. The van der Waals surface area contributed by atoms with Gasteiger partial charge in [0.1, 0.15) is 5.69 Å². The zero-order chi connectivity index (χ0) is 14.4. The van der Waals surface area contributed by atoms with Crippen LogP contribution in [0.1, 0.15) is 12.6 Å². The van der Waals surface area contributed by atoms with Gasteiger partial charge in [0.25, 0.3) is 5.69 Å². The molecule has 1 atom stereocenters. The van der Waals surface area contributed by atoms with Crippen molar-refractivity contribution in [3.05, 3.63) is 27.9 Å². The molecule has 0 saturated heterocycles. The number of aromatic nitrogens is 1. The number of hydrogen-bond donors (Lipinski definition) is 1. The van der Waals surface area contributed by atoms with Gasteiger partial charge in [-0.25, -0.2) is 9.78 Å². The van der Waals surface area contributed by atoms with Crippen LogP contribution in [0.15, 0.2) is 12.1 Å². The van der Waals surface area contributed by atoms with Crippen LogP contribution in [0, 0.1) is 10.1 Å². The molecule has 0 fully saturated rings. The van der Waals surface area contributed by atoms with Crippen LogP contribution >= 0.6 is 0 Å². The molecule has 0 aromatic carbocycles. The predicted molar refractivity (Wildman–Crippen MR) is 63.8 cm³/mol. The fraction of sp³-hybridized carbons (Fsp3) is 0.455. The van der Waals surface area contributed by atoms with E-state index in [1.165, 1.54) is 19.2 Å². The Kier molecular flexibility index (Phi) is 5.19. The summed E-state index contributed by atoms with van der Waals surface area (Å²) in [6.45, 7) is 1.71. The number of esters is 1. The Hall–Kier alpha value is -2.22. The Morgan fingerprint density at radius 3 is 2.79 bits per heavy atom.